The van der Waals surface area contributed by atoms with Crippen molar-refractivity contribution in [3.05, 3.63) is 0 Å². The van der Waals surface area contributed by atoms with Crippen LogP contribution in [0, 0.1) is 0 Å². The molecule has 12 heteroatoms. The number of hydrogen-bond acceptors (Lipinski definition) is 12. The Bertz CT molecular complexity index is 338. The van der Waals surface area contributed by atoms with E-state index in [1.807, 2.05) is 6.92 Å². The first-order valence-electron chi connectivity index (χ1n) is 9.65. The van der Waals surface area contributed by atoms with Crippen LogP contribution >= 0.6 is 0 Å². The van der Waals surface area contributed by atoms with E-state index in [0.29, 0.717) is 6.54 Å². The number of hydrogen-bond donors (Lipinski definition) is 12. The monoisotopic (exact) mass is 408 g/mol. The first kappa shape index (κ1) is 26.5. The molecule has 0 heterocycles. The minimum absolute atomic E-state index is 0.129. The molecular weight excluding hydrogens is 368 g/mol. The summed E-state index contributed by atoms with van der Waals surface area (Å²) < 4.78 is 10.0. The fraction of sp³-hybridized carbons (Fsp3) is 1.00. The smallest absolute Gasteiger partial charge is 0.111 e. The molecule has 0 bridgehead atoms. The van der Waals surface area contributed by atoms with Crippen molar-refractivity contribution in [2.75, 3.05) is 32.8 Å². The van der Waals surface area contributed by atoms with Crippen molar-refractivity contribution in [3.63, 3.8) is 0 Å². The van der Waals surface area contributed by atoms with E-state index < -0.39 is 62.0 Å². The second kappa shape index (κ2) is 16.5. The van der Waals surface area contributed by atoms with Crippen LogP contribution in [0.25, 0.3) is 0 Å². The second-order valence-corrected chi connectivity index (χ2v) is 6.04. The van der Waals surface area contributed by atoms with Crippen LogP contribution in [-0.4, -0.2) is 133 Å². The molecule has 168 valence electrons. The first-order valence-corrected chi connectivity index (χ1v) is 8.65. The van der Waals surface area contributed by atoms with Gasteiger partial charge in [0.2, 0.25) is 0 Å². The van der Waals surface area contributed by atoms with Gasteiger partial charge in [-0.2, -0.15) is 0 Å². The van der Waals surface area contributed by atoms with Gasteiger partial charge in [0, 0.05) is 16.1 Å². The average molecular weight is 408 g/mol. The summed E-state index contributed by atoms with van der Waals surface area (Å²) in [6, 6.07) is 0. The van der Waals surface area contributed by atoms with Crippen molar-refractivity contribution in [2.45, 2.75) is 62.2 Å². The zero-order valence-electron chi connectivity index (χ0n) is 17.4. The van der Waals surface area contributed by atoms with Gasteiger partial charge in [-0.3, -0.25) is 0 Å². The Hall–Kier alpha value is -0.480. The lowest BCUT2D eigenvalue weighted by atomic mass is 10.0. The summed E-state index contributed by atoms with van der Waals surface area (Å²) in [4.78, 5) is 0. The Morgan fingerprint density at radius 1 is 0.741 bits per heavy atom. The van der Waals surface area contributed by atoms with E-state index in [1.165, 1.54) is 0 Å². The molecular formula is C15H38N2O10. The highest BCUT2D eigenvalue weighted by atomic mass is 16.4. The van der Waals surface area contributed by atoms with Crippen LogP contribution in [0.4, 0.5) is 0 Å². The maximum absolute atomic E-state index is 9.39. The molecule has 0 saturated carbocycles. The Morgan fingerprint density at radius 3 is 1.44 bits per heavy atom. The molecule has 27 heavy (non-hydrogen) atoms. The Morgan fingerprint density at radius 2 is 1.11 bits per heavy atom. The summed E-state index contributed by atoms with van der Waals surface area (Å²) in [5.74, 6) is 0. The number of rotatable bonds is 13. The molecule has 0 aromatic heterocycles. The molecule has 0 aliphatic heterocycles. The highest BCUT2D eigenvalue weighted by molar-refractivity contribution is 4.82. The van der Waals surface area contributed by atoms with Gasteiger partial charge in [0.25, 0.3) is 0 Å². The molecule has 0 fully saturated rings. The lowest BCUT2D eigenvalue weighted by molar-refractivity contribution is -0.113. The molecule has 0 aromatic carbocycles. The van der Waals surface area contributed by atoms with Gasteiger partial charge in [-0.15, -0.1) is 0 Å². The van der Waals surface area contributed by atoms with Crippen LogP contribution in [0.3, 0.4) is 0 Å². The van der Waals surface area contributed by atoms with Gasteiger partial charge in [-0.25, -0.2) is 0 Å². The lowest BCUT2D eigenvalue weighted by Gasteiger charge is -2.25. The minimum Gasteiger partial charge on any atom is -0.394 e. The molecule has 0 aliphatic carbocycles. The van der Waals surface area contributed by atoms with Crippen LogP contribution in [0.5, 0.6) is 0 Å². The summed E-state index contributed by atoms with van der Waals surface area (Å²) in [6.45, 7) is 1.21. The maximum atomic E-state index is 9.39. The van der Waals surface area contributed by atoms with Crippen molar-refractivity contribution in [1.82, 2.24) is 5.32 Å². The number of nitrogens with two attached hydrogens (primary N) is 1. The van der Waals surface area contributed by atoms with Gasteiger partial charge in [0.1, 0.15) is 36.6 Å². The van der Waals surface area contributed by atoms with Crippen molar-refractivity contribution in [2.24, 2.45) is 5.73 Å². The van der Waals surface area contributed by atoms with E-state index >= 15 is 0 Å². The standard InChI is InChI=1S/C9H21NO5.C6H15NO5.H2/c1-2-3-10-4-6(12)8(14)9(15)7(13)5-11;7-1-3(9)5(11)6(12)4(10)2-8;/h6-15H,2-5H2,1H3;3-6,8-12H,1-2,7H2;1H/t6-,7+,8+,9+;3-,4+,5+,6+;/m00./s1/i;;1+1D. The summed E-state index contributed by atoms with van der Waals surface area (Å²) in [5, 5.41) is 92.6. The van der Waals surface area contributed by atoms with Gasteiger partial charge >= 0.3 is 0 Å². The summed E-state index contributed by atoms with van der Waals surface area (Å²) in [7, 11) is 0. The SMILES string of the molecule is CCCNC[C@H](O)[C@@H](O)[C@H](O)[C@H](O)CO.NC[C@H](O)[C@@H](O)[C@H](O)[C@H](O)CO.[2H][2H]. The Balaban J connectivity index is -0.000000438. The summed E-state index contributed by atoms with van der Waals surface area (Å²) in [5.41, 5.74) is 4.99. The molecule has 0 saturated heterocycles. The number of aliphatic hydroxyl groups excluding tert-OH is 10. The van der Waals surface area contributed by atoms with E-state index in [-0.39, 0.29) is 13.1 Å². The van der Waals surface area contributed by atoms with Crippen LogP contribution < -0.4 is 11.1 Å². The summed E-state index contributed by atoms with van der Waals surface area (Å²) in [6.07, 6.45) is -10.7. The Labute approximate surface area is 161 Å². The van der Waals surface area contributed by atoms with E-state index in [4.69, 9.17) is 44.4 Å². The molecule has 0 spiro atoms. The highest BCUT2D eigenvalue weighted by Gasteiger charge is 2.30. The molecule has 12 nitrogen and oxygen atoms in total. The third kappa shape index (κ3) is 11.8. The zero-order valence-corrected chi connectivity index (χ0v) is 15.4. The first-order chi connectivity index (χ1) is 13.6. The highest BCUT2D eigenvalue weighted by Crippen LogP contribution is 2.04. The van der Waals surface area contributed by atoms with Gasteiger partial charge < -0.3 is 62.1 Å². The lowest BCUT2D eigenvalue weighted by Crippen LogP contribution is -2.49. The quantitative estimate of drug-likeness (QED) is 0.127. The van der Waals surface area contributed by atoms with E-state index in [2.05, 4.69) is 5.32 Å². The predicted octanol–water partition coefficient (Wildman–Crippen LogP) is -5.95. The third-order valence-electron chi connectivity index (χ3n) is 3.67. The van der Waals surface area contributed by atoms with Gasteiger partial charge in [0.05, 0.1) is 25.4 Å². The normalized spacial score (nSPS) is 20.7. The number of aliphatic hydroxyl groups is 10. The summed E-state index contributed by atoms with van der Waals surface area (Å²) >= 11 is 0. The van der Waals surface area contributed by atoms with E-state index in [9.17, 15) is 15.3 Å². The van der Waals surface area contributed by atoms with Crippen LogP contribution in [-0.2, 0) is 0 Å². The van der Waals surface area contributed by atoms with Crippen LogP contribution in [0.15, 0.2) is 0 Å². The molecule has 8 atom stereocenters. The molecule has 0 radical (unpaired) electrons. The van der Waals surface area contributed by atoms with E-state index in [0.717, 1.165) is 6.42 Å². The van der Waals surface area contributed by atoms with E-state index in [1.54, 1.807) is 0 Å². The number of nitrogens with one attached hydrogen (secondary N) is 1. The fourth-order valence-electron chi connectivity index (χ4n) is 1.81. The van der Waals surface area contributed by atoms with Crippen molar-refractivity contribution in [3.8, 4) is 0 Å². The topological polar surface area (TPSA) is 240 Å². The van der Waals surface area contributed by atoms with Crippen LogP contribution in [0.1, 0.15) is 16.3 Å². The molecule has 0 unspecified atom stereocenters. The predicted molar refractivity (Wildman–Crippen MR) is 96.6 cm³/mol. The average Bonchev–Trinajstić information content (AvgIpc) is 2.76. The van der Waals surface area contributed by atoms with Crippen LogP contribution in [0.2, 0.25) is 0 Å². The van der Waals surface area contributed by atoms with Gasteiger partial charge in [-0.05, 0) is 13.0 Å². The van der Waals surface area contributed by atoms with Crippen molar-refractivity contribution in [1.29, 1.82) is 0 Å². The van der Waals surface area contributed by atoms with Gasteiger partial charge in [-0.1, -0.05) is 6.92 Å². The molecule has 0 aliphatic rings. The third-order valence-corrected chi connectivity index (χ3v) is 3.67. The van der Waals surface area contributed by atoms with Gasteiger partial charge in [0.15, 0.2) is 0 Å². The molecule has 13 N–H and O–H groups in total. The largest absolute Gasteiger partial charge is 0.394 e. The zero-order chi connectivity index (χ0) is 23.6. The molecule has 0 aromatic rings. The Kier molecular flexibility index (Phi) is 16.2. The van der Waals surface area contributed by atoms with Crippen molar-refractivity contribution < 1.29 is 54.0 Å². The molecule has 0 amide bonds. The minimum atomic E-state index is -1.59. The molecule has 0 rings (SSSR count). The second-order valence-electron chi connectivity index (χ2n) is 6.04. The maximum Gasteiger partial charge on any atom is 0.111 e. The van der Waals surface area contributed by atoms with Crippen molar-refractivity contribution >= 4 is 0 Å². The fourth-order valence-corrected chi connectivity index (χ4v) is 1.81.